The molecular formula is C20H27BrN2O3. The Morgan fingerprint density at radius 2 is 1.77 bits per heavy atom. The molecule has 2 fully saturated rings. The van der Waals surface area contributed by atoms with Crippen molar-refractivity contribution in [3.05, 3.63) is 28.7 Å². The van der Waals surface area contributed by atoms with E-state index in [-0.39, 0.29) is 11.8 Å². The molecule has 0 unspecified atom stereocenters. The van der Waals surface area contributed by atoms with E-state index in [1.54, 1.807) is 0 Å². The lowest BCUT2D eigenvalue weighted by Gasteiger charge is -2.36. The summed E-state index contributed by atoms with van der Waals surface area (Å²) >= 11 is 3.41. The van der Waals surface area contributed by atoms with Gasteiger partial charge in [0.05, 0.1) is 6.61 Å². The Balaban J connectivity index is 1.34. The highest BCUT2D eigenvalue weighted by Crippen LogP contribution is 2.27. The molecule has 0 N–H and O–H groups in total. The monoisotopic (exact) mass is 422 g/mol. The van der Waals surface area contributed by atoms with Crippen LogP contribution in [0.1, 0.15) is 38.5 Å². The van der Waals surface area contributed by atoms with Crippen LogP contribution in [-0.4, -0.2) is 54.4 Å². The predicted octanol–water partition coefficient (Wildman–Crippen LogP) is 3.47. The summed E-state index contributed by atoms with van der Waals surface area (Å²) in [5.74, 6) is 1.51. The first-order valence-electron chi connectivity index (χ1n) is 9.58. The van der Waals surface area contributed by atoms with E-state index in [0.717, 1.165) is 23.1 Å². The maximum atomic E-state index is 12.4. The highest BCUT2D eigenvalue weighted by Gasteiger charge is 2.30. The van der Waals surface area contributed by atoms with Crippen LogP contribution in [0.4, 0.5) is 0 Å². The molecule has 1 aromatic carbocycles. The fourth-order valence-electron chi connectivity index (χ4n) is 3.74. The van der Waals surface area contributed by atoms with Gasteiger partial charge in [0.1, 0.15) is 5.75 Å². The third-order valence-corrected chi connectivity index (χ3v) is 5.74. The molecule has 3 rings (SSSR count). The highest BCUT2D eigenvalue weighted by atomic mass is 79.9. The van der Waals surface area contributed by atoms with Crippen LogP contribution >= 0.6 is 15.9 Å². The molecule has 2 amide bonds. The van der Waals surface area contributed by atoms with Crippen molar-refractivity contribution in [1.29, 1.82) is 0 Å². The fourth-order valence-corrected chi connectivity index (χ4v) is 4.11. The van der Waals surface area contributed by atoms with Crippen molar-refractivity contribution in [3.8, 4) is 5.75 Å². The maximum absolute atomic E-state index is 12.4. The molecule has 0 aromatic heterocycles. The van der Waals surface area contributed by atoms with Gasteiger partial charge in [0, 0.05) is 43.0 Å². The van der Waals surface area contributed by atoms with Crippen molar-refractivity contribution in [2.24, 2.45) is 5.92 Å². The average Bonchev–Trinajstić information content (AvgIpc) is 3.19. The van der Waals surface area contributed by atoms with E-state index >= 15 is 0 Å². The van der Waals surface area contributed by atoms with Gasteiger partial charge in [-0.3, -0.25) is 9.59 Å². The number of amides is 2. The van der Waals surface area contributed by atoms with Crippen LogP contribution in [0.25, 0.3) is 0 Å². The summed E-state index contributed by atoms with van der Waals surface area (Å²) in [5.41, 5.74) is 0. The lowest BCUT2D eigenvalue weighted by atomic mass is 10.1. The van der Waals surface area contributed by atoms with Crippen LogP contribution in [0.5, 0.6) is 5.75 Å². The van der Waals surface area contributed by atoms with E-state index in [1.807, 2.05) is 34.1 Å². The van der Waals surface area contributed by atoms with E-state index in [0.29, 0.717) is 51.5 Å². The number of benzene rings is 1. The number of halogens is 1. The Labute approximate surface area is 163 Å². The Hall–Kier alpha value is -1.56. The van der Waals surface area contributed by atoms with Gasteiger partial charge in [-0.1, -0.05) is 34.8 Å². The van der Waals surface area contributed by atoms with E-state index in [2.05, 4.69) is 15.9 Å². The van der Waals surface area contributed by atoms with Crippen LogP contribution in [-0.2, 0) is 9.59 Å². The SMILES string of the molecule is O=C(CCCOc1cccc(Br)c1)N1CCN(C(=O)C2CCCC2)CC1. The largest absolute Gasteiger partial charge is 0.494 e. The molecule has 0 radical (unpaired) electrons. The van der Waals surface area contributed by atoms with Crippen molar-refractivity contribution < 1.29 is 14.3 Å². The molecule has 1 heterocycles. The first kappa shape index (κ1) is 19.2. The second kappa shape index (κ2) is 9.40. The zero-order chi connectivity index (χ0) is 18.4. The molecule has 1 aliphatic heterocycles. The topological polar surface area (TPSA) is 49.9 Å². The number of nitrogens with zero attached hydrogens (tertiary/aromatic N) is 2. The minimum Gasteiger partial charge on any atom is -0.494 e. The van der Waals surface area contributed by atoms with Gasteiger partial charge in [-0.05, 0) is 37.5 Å². The summed E-state index contributed by atoms with van der Waals surface area (Å²) in [4.78, 5) is 28.6. The molecule has 1 aliphatic carbocycles. The quantitative estimate of drug-likeness (QED) is 0.659. The molecule has 0 spiro atoms. The van der Waals surface area contributed by atoms with Crippen LogP contribution < -0.4 is 4.74 Å². The number of carbonyl (C=O) groups excluding carboxylic acids is 2. The van der Waals surface area contributed by atoms with Crippen molar-refractivity contribution in [1.82, 2.24) is 9.80 Å². The lowest BCUT2D eigenvalue weighted by molar-refractivity contribution is -0.142. The Morgan fingerprint density at radius 1 is 1.08 bits per heavy atom. The predicted molar refractivity (Wildman–Crippen MR) is 104 cm³/mol. The number of piperazine rings is 1. The van der Waals surface area contributed by atoms with E-state index in [9.17, 15) is 9.59 Å². The van der Waals surface area contributed by atoms with Gasteiger partial charge in [-0.15, -0.1) is 0 Å². The van der Waals surface area contributed by atoms with Crippen LogP contribution in [0.2, 0.25) is 0 Å². The van der Waals surface area contributed by atoms with Crippen molar-refractivity contribution in [2.45, 2.75) is 38.5 Å². The molecule has 26 heavy (non-hydrogen) atoms. The zero-order valence-corrected chi connectivity index (χ0v) is 16.7. The second-order valence-corrected chi connectivity index (χ2v) is 8.01. The van der Waals surface area contributed by atoms with Crippen molar-refractivity contribution in [2.75, 3.05) is 32.8 Å². The summed E-state index contributed by atoms with van der Waals surface area (Å²) in [5, 5.41) is 0. The summed E-state index contributed by atoms with van der Waals surface area (Å²) in [6.45, 7) is 3.20. The molecule has 0 bridgehead atoms. The normalized spacial score (nSPS) is 18.2. The Morgan fingerprint density at radius 3 is 2.46 bits per heavy atom. The summed E-state index contributed by atoms with van der Waals surface area (Å²) < 4.78 is 6.66. The minimum atomic E-state index is 0.163. The lowest BCUT2D eigenvalue weighted by Crippen LogP contribution is -2.51. The molecule has 142 valence electrons. The van der Waals surface area contributed by atoms with Gasteiger partial charge in [-0.25, -0.2) is 0 Å². The van der Waals surface area contributed by atoms with Crippen LogP contribution in [0, 0.1) is 5.92 Å². The molecule has 1 saturated heterocycles. The summed E-state index contributed by atoms with van der Waals surface area (Å²) in [7, 11) is 0. The van der Waals surface area contributed by atoms with Crippen LogP contribution in [0.15, 0.2) is 28.7 Å². The number of hydrogen-bond donors (Lipinski definition) is 0. The molecule has 5 nitrogen and oxygen atoms in total. The Bertz CT molecular complexity index is 623. The third-order valence-electron chi connectivity index (χ3n) is 5.25. The summed E-state index contributed by atoms with van der Waals surface area (Å²) in [6.07, 6.45) is 5.62. The zero-order valence-electron chi connectivity index (χ0n) is 15.2. The molecule has 0 atom stereocenters. The first-order chi connectivity index (χ1) is 12.6. The van der Waals surface area contributed by atoms with Crippen molar-refractivity contribution >= 4 is 27.7 Å². The van der Waals surface area contributed by atoms with E-state index in [4.69, 9.17) is 4.74 Å². The fraction of sp³-hybridized carbons (Fsp3) is 0.600. The van der Waals surface area contributed by atoms with Gasteiger partial charge in [0.25, 0.3) is 0 Å². The minimum absolute atomic E-state index is 0.163. The van der Waals surface area contributed by atoms with Gasteiger partial charge >= 0.3 is 0 Å². The van der Waals surface area contributed by atoms with Gasteiger partial charge in [-0.2, -0.15) is 0 Å². The second-order valence-electron chi connectivity index (χ2n) is 7.10. The highest BCUT2D eigenvalue weighted by molar-refractivity contribution is 9.10. The van der Waals surface area contributed by atoms with Gasteiger partial charge in [0.2, 0.25) is 11.8 Å². The van der Waals surface area contributed by atoms with Crippen molar-refractivity contribution in [3.63, 3.8) is 0 Å². The molecular weight excluding hydrogens is 396 g/mol. The van der Waals surface area contributed by atoms with Gasteiger partial charge < -0.3 is 14.5 Å². The van der Waals surface area contributed by atoms with Crippen LogP contribution in [0.3, 0.4) is 0 Å². The summed E-state index contributed by atoms with van der Waals surface area (Å²) in [6, 6.07) is 7.71. The third kappa shape index (κ3) is 5.22. The van der Waals surface area contributed by atoms with E-state index < -0.39 is 0 Å². The molecule has 1 aromatic rings. The van der Waals surface area contributed by atoms with E-state index in [1.165, 1.54) is 12.8 Å². The number of ether oxygens (including phenoxy) is 1. The molecule has 6 heteroatoms. The molecule has 2 aliphatic rings. The Kier molecular flexibility index (Phi) is 6.94. The van der Waals surface area contributed by atoms with Gasteiger partial charge in [0.15, 0.2) is 0 Å². The standard InChI is InChI=1S/C20H27BrN2O3/c21-17-7-3-8-18(15-17)26-14-4-9-19(24)22-10-12-23(13-11-22)20(25)16-5-1-2-6-16/h3,7-8,15-16H,1-2,4-6,9-14H2. The number of carbonyl (C=O) groups is 2. The number of hydrogen-bond acceptors (Lipinski definition) is 3. The molecule has 1 saturated carbocycles. The maximum Gasteiger partial charge on any atom is 0.225 e. The smallest absolute Gasteiger partial charge is 0.225 e. The number of rotatable bonds is 6. The first-order valence-corrected chi connectivity index (χ1v) is 10.4. The average molecular weight is 423 g/mol.